The number of rotatable bonds is 3. The van der Waals surface area contributed by atoms with Gasteiger partial charge in [-0.3, -0.25) is 4.90 Å². The zero-order valence-electron chi connectivity index (χ0n) is 12.0. The van der Waals surface area contributed by atoms with Crippen LogP contribution >= 0.6 is 11.3 Å². The first-order valence-corrected chi connectivity index (χ1v) is 7.78. The third-order valence-electron chi connectivity index (χ3n) is 4.15. The SMILES string of the molecule is CC(C)(C)C1CCN(Cc2ccsc2C(=O)O)CC1. The van der Waals surface area contributed by atoms with Crippen LogP contribution in [0.3, 0.4) is 0 Å². The van der Waals surface area contributed by atoms with Crippen molar-refractivity contribution in [3.63, 3.8) is 0 Å². The maximum Gasteiger partial charge on any atom is 0.346 e. The van der Waals surface area contributed by atoms with Gasteiger partial charge in [0.15, 0.2) is 0 Å². The lowest BCUT2D eigenvalue weighted by Crippen LogP contribution is -2.37. The van der Waals surface area contributed by atoms with E-state index >= 15 is 0 Å². The monoisotopic (exact) mass is 281 g/mol. The number of hydrogen-bond acceptors (Lipinski definition) is 3. The molecule has 2 heterocycles. The van der Waals surface area contributed by atoms with Gasteiger partial charge in [-0.1, -0.05) is 20.8 Å². The van der Waals surface area contributed by atoms with Crippen molar-refractivity contribution in [1.82, 2.24) is 4.90 Å². The minimum absolute atomic E-state index is 0.390. The van der Waals surface area contributed by atoms with Gasteiger partial charge in [0.2, 0.25) is 0 Å². The molecule has 3 nitrogen and oxygen atoms in total. The molecular formula is C15H23NO2S. The summed E-state index contributed by atoms with van der Waals surface area (Å²) in [6, 6.07) is 1.95. The van der Waals surface area contributed by atoms with Gasteiger partial charge in [0.25, 0.3) is 0 Å². The Morgan fingerprint density at radius 1 is 1.42 bits per heavy atom. The van der Waals surface area contributed by atoms with Crippen LogP contribution in [-0.2, 0) is 6.54 Å². The second-order valence-corrected chi connectivity index (χ2v) is 7.41. The highest BCUT2D eigenvalue weighted by Gasteiger charge is 2.29. The summed E-state index contributed by atoms with van der Waals surface area (Å²) >= 11 is 1.32. The summed E-state index contributed by atoms with van der Waals surface area (Å²) in [4.78, 5) is 14.0. The lowest BCUT2D eigenvalue weighted by atomic mass is 9.75. The third kappa shape index (κ3) is 3.57. The fourth-order valence-electron chi connectivity index (χ4n) is 2.85. The largest absolute Gasteiger partial charge is 0.477 e. The Kier molecular flexibility index (Phi) is 4.31. The van der Waals surface area contributed by atoms with Crippen LogP contribution in [0.5, 0.6) is 0 Å². The summed E-state index contributed by atoms with van der Waals surface area (Å²) in [5, 5.41) is 11.0. The van der Waals surface area contributed by atoms with E-state index in [1.165, 1.54) is 24.2 Å². The number of likely N-dealkylation sites (tertiary alicyclic amines) is 1. The molecule has 1 saturated heterocycles. The van der Waals surface area contributed by atoms with E-state index < -0.39 is 5.97 Å². The van der Waals surface area contributed by atoms with Crippen molar-refractivity contribution in [2.24, 2.45) is 11.3 Å². The van der Waals surface area contributed by atoms with Crippen molar-refractivity contribution in [3.8, 4) is 0 Å². The van der Waals surface area contributed by atoms with E-state index in [1.807, 2.05) is 11.4 Å². The molecule has 106 valence electrons. The molecule has 1 N–H and O–H groups in total. The van der Waals surface area contributed by atoms with Crippen LogP contribution in [0.25, 0.3) is 0 Å². The molecular weight excluding hydrogens is 258 g/mol. The molecule has 0 aromatic carbocycles. The summed E-state index contributed by atoms with van der Waals surface area (Å²) in [6.07, 6.45) is 2.44. The molecule has 0 spiro atoms. The number of carboxylic acids is 1. The van der Waals surface area contributed by atoms with E-state index in [4.69, 9.17) is 5.11 Å². The standard InChI is InChI=1S/C15H23NO2S/c1-15(2,3)12-4-7-16(8-5-12)10-11-6-9-19-13(11)14(17)18/h6,9,12H,4-5,7-8,10H2,1-3H3,(H,17,18). The zero-order chi connectivity index (χ0) is 14.0. The van der Waals surface area contributed by atoms with Crippen molar-refractivity contribution in [2.75, 3.05) is 13.1 Å². The number of nitrogens with zero attached hydrogens (tertiary/aromatic N) is 1. The number of carboxylic acid groups (broad SMARTS) is 1. The molecule has 19 heavy (non-hydrogen) atoms. The summed E-state index contributed by atoms with van der Waals surface area (Å²) in [5.74, 6) is -0.0141. The second-order valence-electron chi connectivity index (χ2n) is 6.50. The molecule has 0 bridgehead atoms. The number of aromatic carboxylic acids is 1. The quantitative estimate of drug-likeness (QED) is 0.918. The average Bonchev–Trinajstić information content (AvgIpc) is 2.77. The van der Waals surface area contributed by atoms with Gasteiger partial charge in [-0.25, -0.2) is 4.79 Å². The zero-order valence-corrected chi connectivity index (χ0v) is 12.8. The van der Waals surface area contributed by atoms with Crippen LogP contribution < -0.4 is 0 Å². The molecule has 1 aromatic rings. The average molecular weight is 281 g/mol. The van der Waals surface area contributed by atoms with E-state index in [-0.39, 0.29) is 0 Å². The smallest absolute Gasteiger partial charge is 0.346 e. The first-order chi connectivity index (χ1) is 8.88. The summed E-state index contributed by atoms with van der Waals surface area (Å²) in [6.45, 7) is 9.88. The number of piperidine rings is 1. The van der Waals surface area contributed by atoms with E-state index in [2.05, 4.69) is 25.7 Å². The van der Waals surface area contributed by atoms with Crippen LogP contribution in [-0.4, -0.2) is 29.1 Å². The van der Waals surface area contributed by atoms with Crippen LogP contribution in [0.1, 0.15) is 48.8 Å². The van der Waals surface area contributed by atoms with Gasteiger partial charge in [0, 0.05) is 6.54 Å². The normalized spacial score (nSPS) is 18.7. The molecule has 0 radical (unpaired) electrons. The summed E-state index contributed by atoms with van der Waals surface area (Å²) in [7, 11) is 0. The Hall–Kier alpha value is -0.870. The van der Waals surface area contributed by atoms with E-state index in [0.29, 0.717) is 10.3 Å². The fraction of sp³-hybridized carbons (Fsp3) is 0.667. The molecule has 1 aliphatic rings. The molecule has 0 saturated carbocycles. The van der Waals surface area contributed by atoms with Gasteiger partial charge >= 0.3 is 5.97 Å². The molecule has 4 heteroatoms. The van der Waals surface area contributed by atoms with Gasteiger partial charge in [-0.05, 0) is 54.3 Å². The van der Waals surface area contributed by atoms with Crippen LogP contribution in [0.2, 0.25) is 0 Å². The molecule has 0 aliphatic carbocycles. The number of thiophene rings is 1. The van der Waals surface area contributed by atoms with Crippen LogP contribution in [0.4, 0.5) is 0 Å². The minimum Gasteiger partial charge on any atom is -0.477 e. The third-order valence-corrected chi connectivity index (χ3v) is 5.09. The Balaban J connectivity index is 1.92. The van der Waals surface area contributed by atoms with Gasteiger partial charge in [-0.15, -0.1) is 11.3 Å². The molecule has 0 atom stereocenters. The highest BCUT2D eigenvalue weighted by molar-refractivity contribution is 7.12. The maximum atomic E-state index is 11.1. The van der Waals surface area contributed by atoms with Crippen molar-refractivity contribution < 1.29 is 9.90 Å². The van der Waals surface area contributed by atoms with Crippen molar-refractivity contribution >= 4 is 17.3 Å². The maximum absolute atomic E-state index is 11.1. The Morgan fingerprint density at radius 3 is 2.58 bits per heavy atom. The molecule has 0 unspecified atom stereocenters. The van der Waals surface area contributed by atoms with Gasteiger partial charge < -0.3 is 5.11 Å². The van der Waals surface area contributed by atoms with Crippen molar-refractivity contribution in [2.45, 2.75) is 40.2 Å². The number of hydrogen-bond donors (Lipinski definition) is 1. The topological polar surface area (TPSA) is 40.5 Å². The highest BCUT2D eigenvalue weighted by atomic mass is 32.1. The number of carbonyl (C=O) groups is 1. The Morgan fingerprint density at radius 2 is 2.05 bits per heavy atom. The van der Waals surface area contributed by atoms with E-state index in [0.717, 1.165) is 31.1 Å². The van der Waals surface area contributed by atoms with Crippen LogP contribution in [0.15, 0.2) is 11.4 Å². The van der Waals surface area contributed by atoms with Crippen molar-refractivity contribution in [1.29, 1.82) is 0 Å². The first kappa shape index (κ1) is 14.5. The van der Waals surface area contributed by atoms with Gasteiger partial charge in [-0.2, -0.15) is 0 Å². The predicted octanol–water partition coefficient (Wildman–Crippen LogP) is 3.70. The van der Waals surface area contributed by atoms with E-state index in [9.17, 15) is 4.79 Å². The van der Waals surface area contributed by atoms with Crippen molar-refractivity contribution in [3.05, 3.63) is 21.9 Å². The molecule has 1 fully saturated rings. The van der Waals surface area contributed by atoms with Gasteiger partial charge in [0.1, 0.15) is 4.88 Å². The summed E-state index contributed by atoms with van der Waals surface area (Å²) in [5.41, 5.74) is 1.35. The molecule has 1 aromatic heterocycles. The van der Waals surface area contributed by atoms with E-state index in [1.54, 1.807) is 0 Å². The molecule has 2 rings (SSSR count). The van der Waals surface area contributed by atoms with Gasteiger partial charge in [0.05, 0.1) is 0 Å². The highest BCUT2D eigenvalue weighted by Crippen LogP contribution is 2.34. The molecule has 1 aliphatic heterocycles. The first-order valence-electron chi connectivity index (χ1n) is 6.90. The Bertz CT molecular complexity index is 439. The molecule has 0 amide bonds. The summed E-state index contributed by atoms with van der Waals surface area (Å²) < 4.78 is 0. The Labute approximate surface area is 119 Å². The minimum atomic E-state index is -0.797. The lowest BCUT2D eigenvalue weighted by molar-refractivity contribution is 0.0698. The fourth-order valence-corrected chi connectivity index (χ4v) is 3.60. The van der Waals surface area contributed by atoms with Crippen LogP contribution in [0, 0.1) is 11.3 Å². The second kappa shape index (κ2) is 5.63. The lowest BCUT2D eigenvalue weighted by Gasteiger charge is -2.38. The predicted molar refractivity (Wildman–Crippen MR) is 78.7 cm³/mol.